The van der Waals surface area contributed by atoms with Gasteiger partial charge in [0, 0.05) is 55.0 Å². The van der Waals surface area contributed by atoms with Gasteiger partial charge in [0.25, 0.3) is 5.91 Å². The first kappa shape index (κ1) is 19.6. The van der Waals surface area contributed by atoms with Gasteiger partial charge in [-0.25, -0.2) is 8.78 Å². The second-order valence-electron chi connectivity index (χ2n) is 7.01. The van der Waals surface area contributed by atoms with Crippen molar-refractivity contribution in [1.29, 1.82) is 0 Å². The summed E-state index contributed by atoms with van der Waals surface area (Å²) in [6.07, 6.45) is 3.90. The Bertz CT molecular complexity index is 1120. The zero-order valence-corrected chi connectivity index (χ0v) is 16.3. The number of carbonyl (C=O) groups is 1. The predicted octanol–water partition coefficient (Wildman–Crippen LogP) is 4.44. The summed E-state index contributed by atoms with van der Waals surface area (Å²) in [5.41, 5.74) is 3.21. The highest BCUT2D eigenvalue weighted by atomic mass is 19.1. The van der Waals surface area contributed by atoms with Crippen molar-refractivity contribution in [2.24, 2.45) is 0 Å². The van der Waals surface area contributed by atoms with Crippen LogP contribution in [0, 0.1) is 11.6 Å². The van der Waals surface area contributed by atoms with E-state index in [2.05, 4.69) is 15.6 Å². The first-order chi connectivity index (χ1) is 14.5. The fourth-order valence-corrected chi connectivity index (χ4v) is 3.31. The van der Waals surface area contributed by atoms with Gasteiger partial charge in [-0.15, -0.1) is 0 Å². The molecule has 2 N–H and O–H groups in total. The third kappa shape index (κ3) is 4.15. The minimum absolute atomic E-state index is 0.293. The van der Waals surface area contributed by atoms with Gasteiger partial charge in [-0.3, -0.25) is 9.78 Å². The number of hydrogen-bond acceptors (Lipinski definition) is 4. The third-order valence-corrected chi connectivity index (χ3v) is 4.94. The lowest BCUT2D eigenvalue weighted by atomic mass is 10.1. The van der Waals surface area contributed by atoms with E-state index in [1.54, 1.807) is 18.3 Å². The Morgan fingerprint density at radius 2 is 2.00 bits per heavy atom. The van der Waals surface area contributed by atoms with Crippen LogP contribution in [0.15, 0.2) is 67.0 Å². The number of benzene rings is 2. The summed E-state index contributed by atoms with van der Waals surface area (Å²) in [7, 11) is 1.82. The SMILES string of the molecule is CN(CCc1ccccn1)c1ccc(NC=C2C(=O)Nc3ccc(F)cc32)cc1F. The van der Waals surface area contributed by atoms with Crippen molar-refractivity contribution < 1.29 is 13.6 Å². The molecule has 30 heavy (non-hydrogen) atoms. The average Bonchev–Trinajstić information content (AvgIpc) is 3.05. The Balaban J connectivity index is 1.45. The lowest BCUT2D eigenvalue weighted by Gasteiger charge is -2.20. The minimum Gasteiger partial charge on any atom is -0.372 e. The van der Waals surface area contributed by atoms with Crippen LogP contribution in [0.5, 0.6) is 0 Å². The summed E-state index contributed by atoms with van der Waals surface area (Å²) in [6.45, 7) is 0.618. The van der Waals surface area contributed by atoms with Gasteiger partial charge in [-0.2, -0.15) is 0 Å². The highest BCUT2D eigenvalue weighted by Crippen LogP contribution is 2.32. The first-order valence-electron chi connectivity index (χ1n) is 9.50. The fourth-order valence-electron chi connectivity index (χ4n) is 3.31. The molecular formula is C23H20F2N4O. The molecule has 0 saturated heterocycles. The van der Waals surface area contributed by atoms with Gasteiger partial charge in [0.15, 0.2) is 0 Å². The van der Waals surface area contributed by atoms with E-state index in [0.29, 0.717) is 41.2 Å². The molecule has 0 fully saturated rings. The molecule has 4 rings (SSSR count). The maximum Gasteiger partial charge on any atom is 0.257 e. The Morgan fingerprint density at radius 3 is 2.77 bits per heavy atom. The Labute approximate surface area is 173 Å². The molecule has 0 unspecified atom stereocenters. The van der Waals surface area contributed by atoms with Crippen molar-refractivity contribution in [1.82, 2.24) is 4.98 Å². The first-order valence-corrected chi connectivity index (χ1v) is 9.50. The maximum atomic E-state index is 14.6. The van der Waals surface area contributed by atoms with Crippen LogP contribution in [0.4, 0.5) is 25.8 Å². The van der Waals surface area contributed by atoms with Crippen molar-refractivity contribution in [2.45, 2.75) is 6.42 Å². The molecule has 0 spiro atoms. The van der Waals surface area contributed by atoms with E-state index in [0.717, 1.165) is 5.69 Å². The van der Waals surface area contributed by atoms with E-state index in [9.17, 15) is 13.6 Å². The average molecular weight is 406 g/mol. The molecule has 3 aromatic rings. The zero-order valence-electron chi connectivity index (χ0n) is 16.3. The molecule has 1 amide bonds. The highest BCUT2D eigenvalue weighted by Gasteiger charge is 2.24. The number of anilines is 3. The maximum absolute atomic E-state index is 14.6. The van der Waals surface area contributed by atoms with Crippen LogP contribution >= 0.6 is 0 Å². The molecule has 152 valence electrons. The largest absolute Gasteiger partial charge is 0.372 e. The molecule has 7 heteroatoms. The van der Waals surface area contributed by atoms with Crippen LogP contribution in [-0.2, 0) is 11.2 Å². The highest BCUT2D eigenvalue weighted by molar-refractivity contribution is 6.31. The van der Waals surface area contributed by atoms with Crippen LogP contribution in [0.25, 0.3) is 5.57 Å². The smallest absolute Gasteiger partial charge is 0.257 e. The van der Waals surface area contributed by atoms with Crippen LogP contribution in [-0.4, -0.2) is 24.5 Å². The minimum atomic E-state index is -0.430. The molecule has 1 aliphatic rings. The predicted molar refractivity (Wildman–Crippen MR) is 114 cm³/mol. The van der Waals surface area contributed by atoms with Crippen molar-refractivity contribution in [3.05, 3.63) is 89.9 Å². The van der Waals surface area contributed by atoms with E-state index in [1.807, 2.05) is 30.1 Å². The van der Waals surface area contributed by atoms with E-state index < -0.39 is 5.82 Å². The molecule has 0 saturated carbocycles. The summed E-state index contributed by atoms with van der Waals surface area (Å²) in [6, 6.07) is 14.6. The van der Waals surface area contributed by atoms with Crippen molar-refractivity contribution in [3.63, 3.8) is 0 Å². The second kappa shape index (κ2) is 8.32. The van der Waals surface area contributed by atoms with E-state index in [4.69, 9.17) is 0 Å². The summed E-state index contributed by atoms with van der Waals surface area (Å²) < 4.78 is 28.2. The van der Waals surface area contributed by atoms with Crippen molar-refractivity contribution in [3.8, 4) is 0 Å². The molecular weight excluding hydrogens is 386 g/mol. The topological polar surface area (TPSA) is 57.3 Å². The molecule has 2 aromatic carbocycles. The van der Waals surface area contributed by atoms with Gasteiger partial charge >= 0.3 is 0 Å². The summed E-state index contributed by atoms with van der Waals surface area (Å²) >= 11 is 0. The lowest BCUT2D eigenvalue weighted by Crippen LogP contribution is -2.21. The molecule has 1 aliphatic heterocycles. The molecule has 0 aliphatic carbocycles. The van der Waals surface area contributed by atoms with Gasteiger partial charge in [0.2, 0.25) is 0 Å². The van der Waals surface area contributed by atoms with Gasteiger partial charge in [0.05, 0.1) is 11.3 Å². The number of likely N-dealkylation sites (N-methyl/N-ethyl adjacent to an activating group) is 1. The van der Waals surface area contributed by atoms with Crippen molar-refractivity contribution in [2.75, 3.05) is 29.1 Å². The number of aromatic nitrogens is 1. The lowest BCUT2D eigenvalue weighted by molar-refractivity contribution is -0.110. The standard InChI is InChI=1S/C23H20F2N4O/c1-29(11-9-16-4-2-3-10-26-16)22-8-6-17(13-20(22)25)27-14-19-18-12-15(24)5-7-21(18)28-23(19)30/h2-8,10,12-14,27H,9,11H2,1H3,(H,28,30). The number of nitrogens with one attached hydrogen (secondary N) is 2. The van der Waals surface area contributed by atoms with Crippen LogP contribution < -0.4 is 15.5 Å². The summed E-state index contributed by atoms with van der Waals surface area (Å²) in [4.78, 5) is 18.2. The fraction of sp³-hybridized carbons (Fsp3) is 0.130. The van der Waals surface area contributed by atoms with Crippen LogP contribution in [0.1, 0.15) is 11.3 Å². The third-order valence-electron chi connectivity index (χ3n) is 4.94. The molecule has 5 nitrogen and oxygen atoms in total. The van der Waals surface area contributed by atoms with Crippen LogP contribution in [0.2, 0.25) is 0 Å². The van der Waals surface area contributed by atoms with Crippen LogP contribution in [0.3, 0.4) is 0 Å². The van der Waals surface area contributed by atoms with Gasteiger partial charge in [-0.1, -0.05) is 6.07 Å². The van der Waals surface area contributed by atoms with Gasteiger partial charge in [-0.05, 0) is 48.5 Å². The molecule has 2 heterocycles. The summed E-state index contributed by atoms with van der Waals surface area (Å²) in [5.74, 6) is -1.15. The number of nitrogens with zero attached hydrogens (tertiary/aromatic N) is 2. The zero-order chi connectivity index (χ0) is 21.1. The quantitative estimate of drug-likeness (QED) is 0.594. The number of hydrogen-bond donors (Lipinski definition) is 2. The van der Waals surface area contributed by atoms with E-state index in [-0.39, 0.29) is 11.7 Å². The van der Waals surface area contributed by atoms with E-state index in [1.165, 1.54) is 30.5 Å². The molecule has 0 radical (unpaired) electrons. The number of pyridine rings is 1. The van der Waals surface area contributed by atoms with E-state index >= 15 is 0 Å². The second-order valence-corrected chi connectivity index (χ2v) is 7.01. The number of halogens is 2. The normalized spacial score (nSPS) is 13.8. The van der Waals surface area contributed by atoms with Gasteiger partial charge < -0.3 is 15.5 Å². The number of fused-ring (bicyclic) bond motifs is 1. The monoisotopic (exact) mass is 406 g/mol. The van der Waals surface area contributed by atoms with Crippen molar-refractivity contribution >= 4 is 28.5 Å². The molecule has 0 bridgehead atoms. The Morgan fingerprint density at radius 1 is 1.13 bits per heavy atom. The molecule has 0 atom stereocenters. The number of carbonyl (C=O) groups excluding carboxylic acids is 1. The summed E-state index contributed by atoms with van der Waals surface area (Å²) in [5, 5.41) is 5.60. The number of amides is 1. The molecule has 1 aromatic heterocycles. The number of rotatable bonds is 6. The van der Waals surface area contributed by atoms with Gasteiger partial charge in [0.1, 0.15) is 11.6 Å². The Kier molecular flexibility index (Phi) is 5.43. The Hall–Kier alpha value is -3.74.